The molecule has 0 aromatic carbocycles. The Morgan fingerprint density at radius 3 is 2.47 bits per heavy atom. The first-order valence-corrected chi connectivity index (χ1v) is 4.67. The molecule has 0 aliphatic carbocycles. The Labute approximate surface area is 95.1 Å². The molecule has 0 atom stereocenters. The van der Waals surface area contributed by atoms with Crippen molar-refractivity contribution in [3.63, 3.8) is 0 Å². The molecule has 0 spiro atoms. The number of ether oxygens (including phenoxy) is 1. The smallest absolute Gasteiger partial charge is 0.362 e. The summed E-state index contributed by atoms with van der Waals surface area (Å²) < 4.78 is 4.43. The van der Waals surface area contributed by atoms with E-state index in [-0.39, 0.29) is 11.3 Å². The molecule has 1 aromatic rings. The Hall–Kier alpha value is -2.44. The summed E-state index contributed by atoms with van der Waals surface area (Å²) in [6.45, 7) is 3.08. The Balaban J connectivity index is 2.95. The van der Waals surface area contributed by atoms with E-state index in [1.807, 2.05) is 4.98 Å². The van der Waals surface area contributed by atoms with Gasteiger partial charge in [-0.25, -0.2) is 14.4 Å². The summed E-state index contributed by atoms with van der Waals surface area (Å²) in [6.07, 6.45) is 1.47. The lowest BCUT2D eigenvalue weighted by molar-refractivity contribution is -0.133. The van der Waals surface area contributed by atoms with E-state index in [0.29, 0.717) is 0 Å². The standard InChI is InChI=1S/C10H10N2O5/c1-3-5(2)8(14)17-9(15)6-4-7(13)12-10(16)11-6/h3-4H,1-2H3,(H2,11,12,13,16). The van der Waals surface area contributed by atoms with Crippen molar-refractivity contribution in [2.45, 2.75) is 13.8 Å². The van der Waals surface area contributed by atoms with Crippen molar-refractivity contribution in [2.75, 3.05) is 0 Å². The lowest BCUT2D eigenvalue weighted by Gasteiger charge is -2.01. The van der Waals surface area contributed by atoms with Gasteiger partial charge in [-0.15, -0.1) is 0 Å². The van der Waals surface area contributed by atoms with Crippen LogP contribution < -0.4 is 11.2 Å². The van der Waals surface area contributed by atoms with Crippen molar-refractivity contribution in [2.24, 2.45) is 0 Å². The fourth-order valence-corrected chi connectivity index (χ4v) is 0.916. The average molecular weight is 238 g/mol. The number of aromatic amines is 2. The number of allylic oxidation sites excluding steroid dienone is 1. The molecule has 90 valence electrons. The van der Waals surface area contributed by atoms with Gasteiger partial charge in [-0.1, -0.05) is 6.08 Å². The molecule has 7 nitrogen and oxygen atoms in total. The molecule has 0 bridgehead atoms. The van der Waals surface area contributed by atoms with Crippen LogP contribution in [0.1, 0.15) is 24.3 Å². The normalized spacial score (nSPS) is 11.1. The number of hydrogen-bond donors (Lipinski definition) is 2. The highest BCUT2D eigenvalue weighted by atomic mass is 16.6. The molecular formula is C10H10N2O5. The lowest BCUT2D eigenvalue weighted by Crippen LogP contribution is -2.26. The van der Waals surface area contributed by atoms with Gasteiger partial charge in [0.1, 0.15) is 5.69 Å². The highest BCUT2D eigenvalue weighted by Gasteiger charge is 2.15. The zero-order chi connectivity index (χ0) is 13.0. The van der Waals surface area contributed by atoms with E-state index >= 15 is 0 Å². The van der Waals surface area contributed by atoms with Crippen LogP contribution in [0.15, 0.2) is 27.3 Å². The summed E-state index contributed by atoms with van der Waals surface area (Å²) in [6, 6.07) is 0.835. The van der Waals surface area contributed by atoms with Gasteiger partial charge < -0.3 is 9.72 Å². The van der Waals surface area contributed by atoms with E-state index in [2.05, 4.69) is 9.72 Å². The van der Waals surface area contributed by atoms with Crippen LogP contribution in [0.5, 0.6) is 0 Å². The van der Waals surface area contributed by atoms with Gasteiger partial charge in [0, 0.05) is 11.6 Å². The maximum absolute atomic E-state index is 11.4. The Morgan fingerprint density at radius 2 is 1.94 bits per heavy atom. The molecule has 1 aromatic heterocycles. The van der Waals surface area contributed by atoms with Crippen molar-refractivity contribution in [3.05, 3.63) is 44.2 Å². The first-order valence-electron chi connectivity index (χ1n) is 4.67. The first-order chi connectivity index (χ1) is 7.93. The fourth-order valence-electron chi connectivity index (χ4n) is 0.916. The number of aromatic nitrogens is 2. The molecule has 0 aliphatic heterocycles. The summed E-state index contributed by atoms with van der Waals surface area (Å²) in [5, 5.41) is 0. The lowest BCUT2D eigenvalue weighted by atomic mass is 10.3. The van der Waals surface area contributed by atoms with Crippen LogP contribution >= 0.6 is 0 Å². The van der Waals surface area contributed by atoms with E-state index in [4.69, 9.17) is 0 Å². The van der Waals surface area contributed by atoms with Crippen LogP contribution in [-0.4, -0.2) is 21.9 Å². The van der Waals surface area contributed by atoms with Gasteiger partial charge in [0.2, 0.25) is 0 Å². The van der Waals surface area contributed by atoms with Gasteiger partial charge in [-0.3, -0.25) is 9.78 Å². The van der Waals surface area contributed by atoms with Crippen LogP contribution in [0.2, 0.25) is 0 Å². The molecular weight excluding hydrogens is 228 g/mol. The second-order valence-corrected chi connectivity index (χ2v) is 3.15. The Bertz CT molecular complexity index is 565. The van der Waals surface area contributed by atoms with Gasteiger partial charge in [-0.2, -0.15) is 0 Å². The van der Waals surface area contributed by atoms with Crippen LogP contribution in [0.3, 0.4) is 0 Å². The maximum Gasteiger partial charge on any atom is 0.362 e. The van der Waals surface area contributed by atoms with Crippen molar-refractivity contribution in [1.29, 1.82) is 0 Å². The van der Waals surface area contributed by atoms with E-state index in [1.165, 1.54) is 13.0 Å². The molecule has 2 N–H and O–H groups in total. The monoisotopic (exact) mass is 238 g/mol. The topological polar surface area (TPSA) is 109 Å². The number of rotatable bonds is 2. The molecule has 7 heteroatoms. The number of esters is 2. The van der Waals surface area contributed by atoms with Crippen LogP contribution in [0, 0.1) is 0 Å². The van der Waals surface area contributed by atoms with E-state index < -0.39 is 23.2 Å². The highest BCUT2D eigenvalue weighted by molar-refractivity contribution is 6.00. The second-order valence-electron chi connectivity index (χ2n) is 3.15. The molecule has 17 heavy (non-hydrogen) atoms. The molecule has 1 rings (SSSR count). The zero-order valence-corrected chi connectivity index (χ0v) is 9.20. The summed E-state index contributed by atoms with van der Waals surface area (Å²) in [5.41, 5.74) is -1.74. The van der Waals surface area contributed by atoms with Gasteiger partial charge >= 0.3 is 17.6 Å². The van der Waals surface area contributed by atoms with Gasteiger partial charge in [0.25, 0.3) is 5.56 Å². The first kappa shape index (κ1) is 12.6. The van der Waals surface area contributed by atoms with Crippen LogP contribution in [0.25, 0.3) is 0 Å². The summed E-state index contributed by atoms with van der Waals surface area (Å²) in [4.78, 5) is 48.3. The number of carbonyl (C=O) groups excluding carboxylic acids is 2. The maximum atomic E-state index is 11.4. The SMILES string of the molecule is CC=C(C)C(=O)OC(=O)c1cc(=O)[nH]c(=O)[nH]1. The summed E-state index contributed by atoms with van der Waals surface area (Å²) in [7, 11) is 0. The summed E-state index contributed by atoms with van der Waals surface area (Å²) in [5.74, 6) is -1.92. The zero-order valence-electron chi connectivity index (χ0n) is 9.20. The Morgan fingerprint density at radius 1 is 1.29 bits per heavy atom. The van der Waals surface area contributed by atoms with E-state index in [9.17, 15) is 19.2 Å². The number of nitrogens with one attached hydrogen (secondary N) is 2. The van der Waals surface area contributed by atoms with Gasteiger partial charge in [-0.05, 0) is 13.8 Å². The third kappa shape index (κ3) is 3.26. The molecule has 0 fully saturated rings. The number of hydrogen-bond acceptors (Lipinski definition) is 5. The molecule has 0 aliphatic rings. The van der Waals surface area contributed by atoms with Gasteiger partial charge in [0.05, 0.1) is 0 Å². The molecule has 1 heterocycles. The predicted octanol–water partition coefficient (Wildman–Crippen LogP) is -0.287. The quantitative estimate of drug-likeness (QED) is 0.418. The molecule has 0 radical (unpaired) electrons. The molecule has 0 unspecified atom stereocenters. The van der Waals surface area contributed by atoms with E-state index in [0.717, 1.165) is 6.07 Å². The number of H-pyrrole nitrogens is 2. The molecule has 0 saturated carbocycles. The van der Waals surface area contributed by atoms with Crippen molar-refractivity contribution >= 4 is 11.9 Å². The molecule has 0 saturated heterocycles. The van der Waals surface area contributed by atoms with Gasteiger partial charge in [0.15, 0.2) is 0 Å². The third-order valence-electron chi connectivity index (χ3n) is 1.92. The van der Waals surface area contributed by atoms with E-state index in [1.54, 1.807) is 6.92 Å². The number of carbonyl (C=O) groups is 2. The summed E-state index contributed by atoms with van der Waals surface area (Å²) >= 11 is 0. The third-order valence-corrected chi connectivity index (χ3v) is 1.92. The predicted molar refractivity (Wildman–Crippen MR) is 57.5 cm³/mol. The average Bonchev–Trinajstić information content (AvgIpc) is 2.26. The fraction of sp³-hybridized carbons (Fsp3) is 0.200. The Kier molecular flexibility index (Phi) is 3.76. The highest BCUT2D eigenvalue weighted by Crippen LogP contribution is 1.99. The molecule has 0 amide bonds. The van der Waals surface area contributed by atoms with Crippen molar-refractivity contribution in [1.82, 2.24) is 9.97 Å². The van der Waals surface area contributed by atoms with Crippen molar-refractivity contribution < 1.29 is 14.3 Å². The minimum Gasteiger partial charge on any atom is -0.385 e. The van der Waals surface area contributed by atoms with Crippen LogP contribution in [-0.2, 0) is 9.53 Å². The minimum absolute atomic E-state index is 0.241. The second kappa shape index (κ2) is 5.06. The van der Waals surface area contributed by atoms with Crippen molar-refractivity contribution in [3.8, 4) is 0 Å². The largest absolute Gasteiger partial charge is 0.385 e. The minimum atomic E-state index is -1.08. The van der Waals surface area contributed by atoms with Crippen LogP contribution in [0.4, 0.5) is 0 Å².